The third-order valence-electron chi connectivity index (χ3n) is 4.18. The number of aromatic nitrogens is 1. The van der Waals surface area contributed by atoms with Crippen molar-refractivity contribution in [2.75, 3.05) is 26.3 Å². The molecule has 1 aliphatic rings. The van der Waals surface area contributed by atoms with Crippen molar-refractivity contribution in [1.29, 1.82) is 5.26 Å². The molecule has 1 saturated heterocycles. The molecule has 1 aromatic rings. The number of hydrogen-bond donors (Lipinski definition) is 2. The number of nitriles is 1. The highest BCUT2D eigenvalue weighted by atomic mass is 16.5. The molecule has 9 nitrogen and oxygen atoms in total. The topological polar surface area (TPSA) is 124 Å². The van der Waals surface area contributed by atoms with Crippen molar-refractivity contribution in [2.24, 2.45) is 0 Å². The number of amides is 3. The van der Waals surface area contributed by atoms with Crippen molar-refractivity contribution >= 4 is 17.7 Å². The summed E-state index contributed by atoms with van der Waals surface area (Å²) < 4.78 is 5.16. The molecule has 1 fully saturated rings. The van der Waals surface area contributed by atoms with E-state index in [0.29, 0.717) is 25.1 Å². The monoisotopic (exact) mass is 373 g/mol. The largest absolute Gasteiger partial charge is 0.372 e. The Morgan fingerprint density at radius 3 is 2.74 bits per heavy atom. The van der Waals surface area contributed by atoms with Gasteiger partial charge in [0.1, 0.15) is 24.4 Å². The van der Waals surface area contributed by atoms with E-state index in [1.807, 2.05) is 6.07 Å². The van der Waals surface area contributed by atoms with Crippen LogP contribution in [-0.2, 0) is 14.3 Å². The normalized spacial score (nSPS) is 18.6. The molecule has 0 bridgehead atoms. The summed E-state index contributed by atoms with van der Waals surface area (Å²) in [7, 11) is 0. The van der Waals surface area contributed by atoms with Crippen LogP contribution >= 0.6 is 0 Å². The minimum atomic E-state index is -0.651. The number of rotatable bonds is 7. The first-order valence-corrected chi connectivity index (χ1v) is 8.82. The van der Waals surface area contributed by atoms with Crippen LogP contribution in [0.15, 0.2) is 18.3 Å². The summed E-state index contributed by atoms with van der Waals surface area (Å²) in [5.41, 5.74) is 0.527. The average molecular weight is 373 g/mol. The van der Waals surface area contributed by atoms with Crippen LogP contribution in [0, 0.1) is 11.3 Å². The molecule has 2 heterocycles. The molecule has 0 aliphatic carbocycles. The summed E-state index contributed by atoms with van der Waals surface area (Å²) in [6.45, 7) is 4.56. The Bertz CT molecular complexity index is 728. The van der Waals surface area contributed by atoms with E-state index in [1.165, 1.54) is 23.2 Å². The van der Waals surface area contributed by atoms with E-state index in [4.69, 9.17) is 10.00 Å². The van der Waals surface area contributed by atoms with Crippen molar-refractivity contribution in [2.45, 2.75) is 32.4 Å². The lowest BCUT2D eigenvalue weighted by atomic mass is 10.1. The quantitative estimate of drug-likeness (QED) is 0.683. The molecule has 27 heavy (non-hydrogen) atoms. The van der Waals surface area contributed by atoms with Crippen LogP contribution in [0.1, 0.15) is 36.3 Å². The SMILES string of the molecule is CCNC(=O)[C@@H]1C[C@@H](NC(=O)c2ccc(C#N)nc2)CN1C(=O)COCC. The number of hydrogen-bond acceptors (Lipinski definition) is 6. The Morgan fingerprint density at radius 1 is 1.37 bits per heavy atom. The predicted octanol–water partition coefficient (Wildman–Crippen LogP) is -0.175. The summed E-state index contributed by atoms with van der Waals surface area (Å²) in [4.78, 5) is 42.4. The second-order valence-corrected chi connectivity index (χ2v) is 6.04. The molecule has 144 valence electrons. The van der Waals surface area contributed by atoms with Crippen molar-refractivity contribution in [3.63, 3.8) is 0 Å². The first-order valence-electron chi connectivity index (χ1n) is 8.82. The second-order valence-electron chi connectivity index (χ2n) is 6.04. The molecule has 0 aromatic carbocycles. The second kappa shape index (κ2) is 9.64. The van der Waals surface area contributed by atoms with E-state index in [-0.39, 0.29) is 42.6 Å². The van der Waals surface area contributed by atoms with Crippen LogP contribution in [-0.4, -0.2) is 66.0 Å². The van der Waals surface area contributed by atoms with Gasteiger partial charge in [0.25, 0.3) is 5.91 Å². The molecular formula is C18H23N5O4. The number of nitrogens with zero attached hydrogens (tertiary/aromatic N) is 3. The number of ether oxygens (including phenoxy) is 1. The predicted molar refractivity (Wildman–Crippen MR) is 95.5 cm³/mol. The van der Waals surface area contributed by atoms with Gasteiger partial charge in [0.2, 0.25) is 11.8 Å². The molecule has 0 radical (unpaired) electrons. The highest BCUT2D eigenvalue weighted by molar-refractivity contribution is 5.94. The molecule has 2 rings (SSSR count). The molecule has 2 N–H and O–H groups in total. The van der Waals surface area contributed by atoms with Crippen molar-refractivity contribution in [3.8, 4) is 6.07 Å². The van der Waals surface area contributed by atoms with E-state index in [2.05, 4.69) is 15.6 Å². The molecule has 0 unspecified atom stereocenters. The molecule has 2 atom stereocenters. The van der Waals surface area contributed by atoms with Gasteiger partial charge in [-0.3, -0.25) is 14.4 Å². The number of likely N-dealkylation sites (tertiary alicyclic amines) is 1. The van der Waals surface area contributed by atoms with E-state index < -0.39 is 6.04 Å². The van der Waals surface area contributed by atoms with Crippen LogP contribution in [0.4, 0.5) is 0 Å². The van der Waals surface area contributed by atoms with E-state index in [0.717, 1.165) is 0 Å². The van der Waals surface area contributed by atoms with Crippen LogP contribution in [0.5, 0.6) is 0 Å². The number of carbonyl (C=O) groups is 3. The van der Waals surface area contributed by atoms with Crippen LogP contribution in [0.2, 0.25) is 0 Å². The lowest BCUT2D eigenvalue weighted by molar-refractivity contribution is -0.141. The Balaban J connectivity index is 2.06. The van der Waals surface area contributed by atoms with Crippen molar-refractivity contribution in [3.05, 3.63) is 29.6 Å². The summed E-state index contributed by atoms with van der Waals surface area (Å²) in [6.07, 6.45) is 1.64. The van der Waals surface area contributed by atoms with Crippen LogP contribution in [0.25, 0.3) is 0 Å². The molecule has 9 heteroatoms. The zero-order valence-electron chi connectivity index (χ0n) is 15.4. The maximum Gasteiger partial charge on any atom is 0.253 e. The van der Waals surface area contributed by atoms with E-state index in [1.54, 1.807) is 13.8 Å². The molecule has 1 aromatic heterocycles. The van der Waals surface area contributed by atoms with Gasteiger partial charge in [-0.2, -0.15) is 5.26 Å². The van der Waals surface area contributed by atoms with Gasteiger partial charge in [0.15, 0.2) is 0 Å². The fourth-order valence-electron chi connectivity index (χ4n) is 2.89. The lowest BCUT2D eigenvalue weighted by Crippen LogP contribution is -2.47. The summed E-state index contributed by atoms with van der Waals surface area (Å²) in [5.74, 6) is -0.908. The molecule has 3 amide bonds. The molecule has 0 saturated carbocycles. The van der Waals surface area contributed by atoms with Gasteiger partial charge in [-0.1, -0.05) is 0 Å². The third-order valence-corrected chi connectivity index (χ3v) is 4.18. The fraction of sp³-hybridized carbons (Fsp3) is 0.500. The molecule has 0 spiro atoms. The van der Waals surface area contributed by atoms with Gasteiger partial charge in [-0.05, 0) is 32.4 Å². The van der Waals surface area contributed by atoms with E-state index >= 15 is 0 Å². The van der Waals surface area contributed by atoms with Crippen LogP contribution < -0.4 is 10.6 Å². The zero-order chi connectivity index (χ0) is 19.8. The van der Waals surface area contributed by atoms with Gasteiger partial charge in [-0.25, -0.2) is 4.98 Å². The third kappa shape index (κ3) is 5.24. The first-order chi connectivity index (χ1) is 13.0. The Labute approximate surface area is 157 Å². The Morgan fingerprint density at radius 2 is 2.15 bits per heavy atom. The number of likely N-dealkylation sites (N-methyl/N-ethyl adjacent to an activating group) is 1. The minimum Gasteiger partial charge on any atom is -0.372 e. The molecular weight excluding hydrogens is 350 g/mol. The van der Waals surface area contributed by atoms with Gasteiger partial charge in [0.05, 0.1) is 5.56 Å². The maximum atomic E-state index is 12.4. The van der Waals surface area contributed by atoms with Gasteiger partial charge in [-0.15, -0.1) is 0 Å². The number of carbonyl (C=O) groups excluding carboxylic acids is 3. The molecule has 1 aliphatic heterocycles. The average Bonchev–Trinajstić information content (AvgIpc) is 3.10. The van der Waals surface area contributed by atoms with E-state index in [9.17, 15) is 14.4 Å². The summed E-state index contributed by atoms with van der Waals surface area (Å²) >= 11 is 0. The van der Waals surface area contributed by atoms with Crippen molar-refractivity contribution in [1.82, 2.24) is 20.5 Å². The van der Waals surface area contributed by atoms with Crippen molar-refractivity contribution < 1.29 is 19.1 Å². The maximum absolute atomic E-state index is 12.4. The standard InChI is InChI=1S/C18H23N5O4/c1-3-20-18(26)15-7-14(10-23(15)16(24)11-27-4-2)22-17(25)12-5-6-13(8-19)21-9-12/h5-6,9,14-15H,3-4,7,10-11H2,1-2H3,(H,20,26)(H,22,25)/t14-,15+/m1/s1. The lowest BCUT2D eigenvalue weighted by Gasteiger charge is -2.23. The first kappa shape index (κ1) is 20.3. The highest BCUT2D eigenvalue weighted by Crippen LogP contribution is 2.19. The minimum absolute atomic E-state index is 0.105. The van der Waals surface area contributed by atoms with Crippen LogP contribution in [0.3, 0.4) is 0 Å². The summed E-state index contributed by atoms with van der Waals surface area (Å²) in [6, 6.07) is 3.83. The number of nitrogens with one attached hydrogen (secondary N) is 2. The fourth-order valence-corrected chi connectivity index (χ4v) is 2.89. The number of pyridine rings is 1. The Kier molecular flexibility index (Phi) is 7.25. The summed E-state index contributed by atoms with van der Waals surface area (Å²) in [5, 5.41) is 14.3. The van der Waals surface area contributed by atoms with Gasteiger partial charge < -0.3 is 20.3 Å². The van der Waals surface area contributed by atoms with Gasteiger partial charge >= 0.3 is 0 Å². The Hall–Kier alpha value is -2.99. The highest BCUT2D eigenvalue weighted by Gasteiger charge is 2.39. The zero-order valence-corrected chi connectivity index (χ0v) is 15.4. The van der Waals surface area contributed by atoms with Gasteiger partial charge in [0, 0.05) is 31.9 Å². The smallest absolute Gasteiger partial charge is 0.253 e.